The number of hydrogen-bond acceptors (Lipinski definition) is 3. The minimum Gasteiger partial charge on any atom is -0.444 e. The predicted octanol–water partition coefficient (Wildman–Crippen LogP) is 5.40. The molecule has 0 aromatic rings. The van der Waals surface area contributed by atoms with Gasteiger partial charge in [0.15, 0.2) is 0 Å². The number of ether oxygens (including phenoxy) is 2. The molecule has 0 saturated carbocycles. The third kappa shape index (κ3) is 5.11. The van der Waals surface area contributed by atoms with Crippen LogP contribution >= 0.6 is 0 Å². The van der Waals surface area contributed by atoms with E-state index in [9.17, 15) is 4.79 Å². The van der Waals surface area contributed by atoms with Gasteiger partial charge in [0.25, 0.3) is 0 Å². The first-order valence-corrected chi connectivity index (χ1v) is 9.30. The van der Waals surface area contributed by atoms with E-state index in [-0.39, 0.29) is 28.8 Å². The van der Waals surface area contributed by atoms with Crippen LogP contribution < -0.4 is 0 Å². The highest BCUT2D eigenvalue weighted by Crippen LogP contribution is 2.40. The molecule has 1 aliphatic rings. The van der Waals surface area contributed by atoms with Gasteiger partial charge in [0.2, 0.25) is 0 Å². The molecule has 1 aliphatic heterocycles. The van der Waals surface area contributed by atoms with Crippen molar-refractivity contribution in [1.82, 2.24) is 4.90 Å². The van der Waals surface area contributed by atoms with Crippen LogP contribution in [0.5, 0.6) is 0 Å². The number of nitrogens with zero attached hydrogens (tertiary/aromatic N) is 1. The Morgan fingerprint density at radius 2 is 1.67 bits per heavy atom. The van der Waals surface area contributed by atoms with E-state index in [1.54, 1.807) is 0 Å². The number of carbonyl (C=O) groups is 1. The fourth-order valence-corrected chi connectivity index (χ4v) is 3.15. The Kier molecular flexibility index (Phi) is 6.08. The van der Waals surface area contributed by atoms with E-state index >= 15 is 0 Å². The van der Waals surface area contributed by atoms with Gasteiger partial charge >= 0.3 is 6.09 Å². The van der Waals surface area contributed by atoms with Crippen LogP contribution in [-0.4, -0.2) is 40.4 Å². The van der Waals surface area contributed by atoms with Gasteiger partial charge in [0, 0.05) is 5.54 Å². The average Bonchev–Trinajstić information content (AvgIpc) is 2.62. The molecule has 1 saturated heterocycles. The zero-order chi connectivity index (χ0) is 19.0. The lowest BCUT2D eigenvalue weighted by atomic mass is 9.79. The molecule has 1 amide bonds. The van der Waals surface area contributed by atoms with E-state index in [0.717, 1.165) is 19.3 Å². The van der Waals surface area contributed by atoms with Crippen LogP contribution in [0.1, 0.15) is 88.5 Å². The molecule has 1 fully saturated rings. The maximum atomic E-state index is 12.7. The normalized spacial score (nSPS) is 25.9. The highest BCUT2D eigenvalue weighted by atomic mass is 16.6. The molecule has 24 heavy (non-hydrogen) atoms. The second-order valence-corrected chi connectivity index (χ2v) is 10.0. The summed E-state index contributed by atoms with van der Waals surface area (Å²) in [6, 6.07) is 0. The van der Waals surface area contributed by atoms with Crippen LogP contribution in [-0.2, 0) is 9.47 Å². The Balaban J connectivity index is 2.94. The maximum absolute atomic E-state index is 12.7. The van der Waals surface area contributed by atoms with Crippen molar-refractivity contribution < 1.29 is 14.3 Å². The lowest BCUT2D eigenvalue weighted by Crippen LogP contribution is -2.47. The van der Waals surface area contributed by atoms with Gasteiger partial charge in [-0.15, -0.1) is 0 Å². The van der Waals surface area contributed by atoms with Crippen molar-refractivity contribution >= 4 is 6.09 Å². The van der Waals surface area contributed by atoms with Gasteiger partial charge in [0.1, 0.15) is 5.60 Å². The largest absolute Gasteiger partial charge is 0.444 e. The predicted molar refractivity (Wildman–Crippen MR) is 99.3 cm³/mol. The minimum atomic E-state index is -0.478. The van der Waals surface area contributed by atoms with Gasteiger partial charge in [-0.2, -0.15) is 0 Å². The number of rotatable bonds is 4. The summed E-state index contributed by atoms with van der Waals surface area (Å²) >= 11 is 0. The molecule has 2 atom stereocenters. The summed E-state index contributed by atoms with van der Waals surface area (Å²) in [5.74, 6) is 0. The van der Waals surface area contributed by atoms with E-state index in [0.29, 0.717) is 6.54 Å². The Labute approximate surface area is 149 Å². The molecule has 1 heterocycles. The smallest absolute Gasteiger partial charge is 0.410 e. The highest BCUT2D eigenvalue weighted by molar-refractivity contribution is 5.69. The van der Waals surface area contributed by atoms with Gasteiger partial charge < -0.3 is 14.4 Å². The van der Waals surface area contributed by atoms with Crippen LogP contribution in [0, 0.1) is 5.41 Å². The second-order valence-electron chi connectivity index (χ2n) is 10.0. The summed E-state index contributed by atoms with van der Waals surface area (Å²) < 4.78 is 12.1. The topological polar surface area (TPSA) is 38.8 Å². The molecule has 0 bridgehead atoms. The Hall–Kier alpha value is -0.770. The molecule has 2 unspecified atom stereocenters. The third-order valence-corrected chi connectivity index (χ3v) is 5.38. The standard InChI is InChI=1S/C20H39NO3/c1-11-12-20(10)13-15(23-19(8,9)17(2,3)4)14-21(20)16(22)24-18(5,6)7/h15H,11-14H2,1-10H3. The summed E-state index contributed by atoms with van der Waals surface area (Å²) in [6.45, 7) is 21.5. The molecule has 0 radical (unpaired) electrons. The quantitative estimate of drug-likeness (QED) is 0.687. The molecular weight excluding hydrogens is 302 g/mol. The molecule has 0 N–H and O–H groups in total. The monoisotopic (exact) mass is 341 g/mol. The zero-order valence-corrected chi connectivity index (χ0v) is 17.6. The van der Waals surface area contributed by atoms with Crippen molar-refractivity contribution in [3.8, 4) is 0 Å². The van der Waals surface area contributed by atoms with Gasteiger partial charge in [0.05, 0.1) is 18.2 Å². The Morgan fingerprint density at radius 1 is 1.12 bits per heavy atom. The third-order valence-electron chi connectivity index (χ3n) is 5.38. The van der Waals surface area contributed by atoms with E-state index in [1.165, 1.54) is 0 Å². The molecule has 0 aliphatic carbocycles. The van der Waals surface area contributed by atoms with Crippen molar-refractivity contribution in [2.24, 2.45) is 5.41 Å². The van der Waals surface area contributed by atoms with Crippen molar-refractivity contribution in [2.75, 3.05) is 6.54 Å². The molecule has 0 aromatic heterocycles. The van der Waals surface area contributed by atoms with Crippen LogP contribution in [0.4, 0.5) is 4.79 Å². The zero-order valence-electron chi connectivity index (χ0n) is 17.6. The Morgan fingerprint density at radius 3 is 2.08 bits per heavy atom. The van der Waals surface area contributed by atoms with Crippen molar-refractivity contribution in [2.45, 2.75) is 111 Å². The first kappa shape index (κ1) is 21.3. The molecular formula is C20H39NO3. The summed E-state index contributed by atoms with van der Waals surface area (Å²) in [5, 5.41) is 0. The lowest BCUT2D eigenvalue weighted by Gasteiger charge is -2.40. The number of likely N-dealkylation sites (tertiary alicyclic amines) is 1. The first-order chi connectivity index (χ1) is 10.6. The Bertz CT molecular complexity index is 445. The first-order valence-electron chi connectivity index (χ1n) is 9.30. The van der Waals surface area contributed by atoms with Crippen molar-refractivity contribution in [3.63, 3.8) is 0 Å². The summed E-state index contributed by atoms with van der Waals surface area (Å²) in [6.07, 6.45) is 2.67. The summed E-state index contributed by atoms with van der Waals surface area (Å²) in [4.78, 5) is 14.6. The van der Waals surface area contributed by atoms with Crippen LogP contribution in [0.25, 0.3) is 0 Å². The van der Waals surface area contributed by atoms with Gasteiger partial charge in [-0.3, -0.25) is 0 Å². The molecule has 4 heteroatoms. The second kappa shape index (κ2) is 6.86. The summed E-state index contributed by atoms with van der Waals surface area (Å²) in [5.41, 5.74) is -0.897. The minimum absolute atomic E-state index is 0.0352. The molecule has 0 aromatic carbocycles. The molecule has 142 valence electrons. The number of hydrogen-bond donors (Lipinski definition) is 0. The summed E-state index contributed by atoms with van der Waals surface area (Å²) in [7, 11) is 0. The molecule has 0 spiro atoms. The maximum Gasteiger partial charge on any atom is 0.410 e. The van der Waals surface area contributed by atoms with E-state index in [4.69, 9.17) is 9.47 Å². The van der Waals surface area contributed by atoms with Crippen LogP contribution in [0.2, 0.25) is 0 Å². The number of amides is 1. The van der Waals surface area contributed by atoms with Crippen LogP contribution in [0.15, 0.2) is 0 Å². The van der Waals surface area contributed by atoms with Gasteiger partial charge in [-0.05, 0) is 59.8 Å². The van der Waals surface area contributed by atoms with Gasteiger partial charge in [-0.1, -0.05) is 34.1 Å². The fourth-order valence-electron chi connectivity index (χ4n) is 3.15. The van der Waals surface area contributed by atoms with E-state index in [2.05, 4.69) is 48.5 Å². The SMILES string of the molecule is CCCC1(C)CC(OC(C)(C)C(C)(C)C)CN1C(=O)OC(C)(C)C. The van der Waals surface area contributed by atoms with E-state index in [1.807, 2.05) is 25.7 Å². The fraction of sp³-hybridized carbons (Fsp3) is 0.950. The highest BCUT2D eigenvalue weighted by Gasteiger charge is 2.48. The molecule has 1 rings (SSSR count). The number of carbonyl (C=O) groups excluding carboxylic acids is 1. The lowest BCUT2D eigenvalue weighted by molar-refractivity contribution is -0.126. The molecule has 4 nitrogen and oxygen atoms in total. The van der Waals surface area contributed by atoms with E-state index < -0.39 is 5.60 Å². The van der Waals surface area contributed by atoms with Crippen molar-refractivity contribution in [1.29, 1.82) is 0 Å². The van der Waals surface area contributed by atoms with Crippen LogP contribution in [0.3, 0.4) is 0 Å². The average molecular weight is 342 g/mol. The van der Waals surface area contributed by atoms with Gasteiger partial charge in [-0.25, -0.2) is 4.79 Å². The van der Waals surface area contributed by atoms with Crippen molar-refractivity contribution in [3.05, 3.63) is 0 Å².